The highest BCUT2D eigenvalue weighted by Crippen LogP contribution is 2.23. The molecule has 3 heteroatoms. The van der Waals surface area contributed by atoms with Gasteiger partial charge in [0.05, 0.1) is 13.0 Å². The first kappa shape index (κ1) is 13.1. The maximum Gasteiger partial charge on any atom is 0.310 e. The number of ether oxygens (including phenoxy) is 1. The molecule has 1 N–H and O–H groups in total. The van der Waals surface area contributed by atoms with Crippen molar-refractivity contribution in [3.63, 3.8) is 0 Å². The summed E-state index contributed by atoms with van der Waals surface area (Å²) in [5.74, 6) is 0.0284. The Morgan fingerprint density at radius 2 is 1.84 bits per heavy atom. The van der Waals surface area contributed by atoms with E-state index in [0.717, 1.165) is 16.7 Å². The molecule has 0 amide bonds. The molecule has 19 heavy (non-hydrogen) atoms. The highest BCUT2D eigenvalue weighted by molar-refractivity contribution is 5.73. The quantitative estimate of drug-likeness (QED) is 0.855. The number of aromatic hydroxyl groups is 1. The average Bonchev–Trinajstić information content (AvgIpc) is 2.40. The van der Waals surface area contributed by atoms with E-state index in [1.807, 2.05) is 30.3 Å². The third-order valence-electron chi connectivity index (χ3n) is 2.79. The van der Waals surface area contributed by atoms with Crippen molar-refractivity contribution >= 4 is 5.97 Å². The Balaban J connectivity index is 2.12. The van der Waals surface area contributed by atoms with Crippen molar-refractivity contribution in [3.05, 3.63) is 54.1 Å². The number of phenols is 1. The molecule has 0 fully saturated rings. The van der Waals surface area contributed by atoms with Crippen molar-refractivity contribution in [2.24, 2.45) is 0 Å². The van der Waals surface area contributed by atoms with Crippen LogP contribution in [0.4, 0.5) is 0 Å². The fourth-order valence-electron chi connectivity index (χ4n) is 1.88. The van der Waals surface area contributed by atoms with Crippen molar-refractivity contribution in [1.29, 1.82) is 0 Å². The third-order valence-corrected chi connectivity index (χ3v) is 2.79. The predicted molar refractivity (Wildman–Crippen MR) is 73.9 cm³/mol. The van der Waals surface area contributed by atoms with Gasteiger partial charge in [-0.3, -0.25) is 4.79 Å². The Hall–Kier alpha value is -2.29. The zero-order valence-electron chi connectivity index (χ0n) is 10.8. The highest BCUT2D eigenvalue weighted by atomic mass is 16.5. The molecule has 0 unspecified atom stereocenters. The molecule has 0 saturated carbocycles. The first-order valence-electron chi connectivity index (χ1n) is 6.23. The predicted octanol–water partition coefficient (Wildman–Crippen LogP) is 3.16. The first-order chi connectivity index (χ1) is 9.19. The second-order valence-corrected chi connectivity index (χ2v) is 4.23. The summed E-state index contributed by atoms with van der Waals surface area (Å²) in [6.45, 7) is 2.20. The molecular formula is C16H16O3. The van der Waals surface area contributed by atoms with Crippen LogP contribution in [0.2, 0.25) is 0 Å². The summed E-state index contributed by atoms with van der Waals surface area (Å²) < 4.78 is 4.90. The van der Waals surface area contributed by atoms with Crippen LogP contribution < -0.4 is 0 Å². The van der Waals surface area contributed by atoms with E-state index in [-0.39, 0.29) is 18.1 Å². The van der Waals surface area contributed by atoms with E-state index in [4.69, 9.17) is 4.74 Å². The van der Waals surface area contributed by atoms with E-state index in [1.165, 1.54) is 0 Å². The molecule has 98 valence electrons. The number of rotatable bonds is 4. The molecule has 0 heterocycles. The van der Waals surface area contributed by atoms with Crippen molar-refractivity contribution in [2.45, 2.75) is 13.3 Å². The SMILES string of the molecule is CCOC(=O)Cc1ccc(-c2cccc(O)c2)cc1. The molecule has 0 radical (unpaired) electrons. The lowest BCUT2D eigenvalue weighted by molar-refractivity contribution is -0.142. The molecule has 0 aliphatic rings. The molecular weight excluding hydrogens is 240 g/mol. The summed E-state index contributed by atoms with van der Waals surface area (Å²) in [4.78, 5) is 11.4. The molecule has 2 aromatic rings. The van der Waals surface area contributed by atoms with Crippen LogP contribution in [-0.4, -0.2) is 17.7 Å². The summed E-state index contributed by atoms with van der Waals surface area (Å²) in [6.07, 6.45) is 0.286. The van der Waals surface area contributed by atoms with Crippen LogP contribution in [0.1, 0.15) is 12.5 Å². The van der Waals surface area contributed by atoms with Crippen LogP contribution in [0.3, 0.4) is 0 Å². The lowest BCUT2D eigenvalue weighted by Gasteiger charge is -2.05. The van der Waals surface area contributed by atoms with Gasteiger partial charge in [-0.1, -0.05) is 36.4 Å². The lowest BCUT2D eigenvalue weighted by atomic mass is 10.0. The van der Waals surface area contributed by atoms with Crippen LogP contribution >= 0.6 is 0 Å². The summed E-state index contributed by atoms with van der Waals surface area (Å²) in [7, 11) is 0. The number of hydrogen-bond donors (Lipinski definition) is 1. The molecule has 0 aromatic heterocycles. The number of phenolic OH excluding ortho intramolecular Hbond substituents is 1. The second-order valence-electron chi connectivity index (χ2n) is 4.23. The Morgan fingerprint density at radius 1 is 1.11 bits per heavy atom. The van der Waals surface area contributed by atoms with Crippen LogP contribution in [0.5, 0.6) is 5.75 Å². The van der Waals surface area contributed by atoms with E-state index < -0.39 is 0 Å². The number of carbonyl (C=O) groups excluding carboxylic acids is 1. The van der Waals surface area contributed by atoms with Gasteiger partial charge >= 0.3 is 5.97 Å². The summed E-state index contributed by atoms with van der Waals surface area (Å²) in [5, 5.41) is 9.45. The van der Waals surface area contributed by atoms with Crippen molar-refractivity contribution in [2.75, 3.05) is 6.61 Å². The Labute approximate surface area is 112 Å². The molecule has 3 nitrogen and oxygen atoms in total. The largest absolute Gasteiger partial charge is 0.508 e. The van der Waals surface area contributed by atoms with Crippen molar-refractivity contribution in [3.8, 4) is 16.9 Å². The number of carbonyl (C=O) groups is 1. The van der Waals surface area contributed by atoms with Crippen LogP contribution in [0, 0.1) is 0 Å². The summed E-state index contributed by atoms with van der Waals surface area (Å²) in [5.41, 5.74) is 2.87. The van der Waals surface area contributed by atoms with Gasteiger partial charge in [0.15, 0.2) is 0 Å². The monoisotopic (exact) mass is 256 g/mol. The van der Waals surface area contributed by atoms with Gasteiger partial charge in [0, 0.05) is 0 Å². The molecule has 0 atom stereocenters. The van der Waals surface area contributed by atoms with Gasteiger partial charge in [0.25, 0.3) is 0 Å². The Morgan fingerprint density at radius 3 is 2.47 bits per heavy atom. The zero-order valence-corrected chi connectivity index (χ0v) is 10.8. The topological polar surface area (TPSA) is 46.5 Å². The van der Waals surface area contributed by atoms with Gasteiger partial charge in [-0.05, 0) is 35.7 Å². The molecule has 0 aliphatic carbocycles. The van der Waals surface area contributed by atoms with E-state index in [9.17, 15) is 9.90 Å². The van der Waals surface area contributed by atoms with E-state index in [2.05, 4.69) is 0 Å². The Bertz CT molecular complexity index is 558. The molecule has 0 aliphatic heterocycles. The fraction of sp³-hybridized carbons (Fsp3) is 0.188. The maximum atomic E-state index is 11.4. The minimum Gasteiger partial charge on any atom is -0.508 e. The smallest absolute Gasteiger partial charge is 0.310 e. The van der Waals surface area contributed by atoms with Crippen molar-refractivity contribution in [1.82, 2.24) is 0 Å². The Kier molecular flexibility index (Phi) is 4.18. The minimum absolute atomic E-state index is 0.215. The number of esters is 1. The summed E-state index contributed by atoms with van der Waals surface area (Å²) in [6, 6.07) is 14.7. The van der Waals surface area contributed by atoms with Gasteiger partial charge < -0.3 is 9.84 Å². The zero-order chi connectivity index (χ0) is 13.7. The normalized spacial score (nSPS) is 10.2. The van der Waals surface area contributed by atoms with E-state index in [0.29, 0.717) is 6.61 Å². The van der Waals surface area contributed by atoms with E-state index >= 15 is 0 Å². The second kappa shape index (κ2) is 6.05. The number of benzene rings is 2. The lowest BCUT2D eigenvalue weighted by Crippen LogP contribution is -2.07. The molecule has 2 rings (SSSR count). The standard InChI is InChI=1S/C16H16O3/c1-2-19-16(18)10-12-6-8-13(9-7-12)14-4-3-5-15(17)11-14/h3-9,11,17H,2,10H2,1H3. The van der Waals surface area contributed by atoms with Gasteiger partial charge in [0.1, 0.15) is 5.75 Å². The molecule has 2 aromatic carbocycles. The van der Waals surface area contributed by atoms with Crippen molar-refractivity contribution < 1.29 is 14.6 Å². The fourth-order valence-corrected chi connectivity index (χ4v) is 1.88. The van der Waals surface area contributed by atoms with Gasteiger partial charge in [-0.2, -0.15) is 0 Å². The minimum atomic E-state index is -0.215. The first-order valence-corrected chi connectivity index (χ1v) is 6.23. The average molecular weight is 256 g/mol. The molecule has 0 saturated heterocycles. The molecule has 0 bridgehead atoms. The van der Waals surface area contributed by atoms with Gasteiger partial charge in [0.2, 0.25) is 0 Å². The van der Waals surface area contributed by atoms with Crippen LogP contribution in [0.25, 0.3) is 11.1 Å². The summed E-state index contributed by atoms with van der Waals surface area (Å²) >= 11 is 0. The number of hydrogen-bond acceptors (Lipinski definition) is 3. The van der Waals surface area contributed by atoms with Gasteiger partial charge in [-0.15, -0.1) is 0 Å². The molecule has 0 spiro atoms. The van der Waals surface area contributed by atoms with Crippen LogP contribution in [0.15, 0.2) is 48.5 Å². The third kappa shape index (κ3) is 3.58. The van der Waals surface area contributed by atoms with Crippen LogP contribution in [-0.2, 0) is 16.0 Å². The van der Waals surface area contributed by atoms with Gasteiger partial charge in [-0.25, -0.2) is 0 Å². The highest BCUT2D eigenvalue weighted by Gasteiger charge is 2.04. The van der Waals surface area contributed by atoms with E-state index in [1.54, 1.807) is 25.1 Å². The maximum absolute atomic E-state index is 11.4.